The predicted octanol–water partition coefficient (Wildman–Crippen LogP) is 2.49. The number of hydrogen-bond donors (Lipinski definition) is 0. The van der Waals surface area contributed by atoms with Crippen LogP contribution in [0.4, 0.5) is 0 Å². The van der Waals surface area contributed by atoms with Crippen molar-refractivity contribution in [1.29, 1.82) is 0 Å². The molecule has 1 amide bonds. The van der Waals surface area contributed by atoms with E-state index in [4.69, 9.17) is 4.74 Å². The summed E-state index contributed by atoms with van der Waals surface area (Å²) in [5.41, 5.74) is 1.15. The largest absolute Gasteiger partial charge is 0.379 e. The van der Waals surface area contributed by atoms with Crippen LogP contribution in [-0.2, 0) is 16.1 Å². The van der Waals surface area contributed by atoms with Crippen molar-refractivity contribution in [2.75, 3.05) is 39.4 Å². The van der Waals surface area contributed by atoms with Crippen LogP contribution in [0.15, 0.2) is 36.7 Å². The summed E-state index contributed by atoms with van der Waals surface area (Å²) in [6.45, 7) is 6.19. The topological polar surface area (TPSA) is 45.7 Å². The van der Waals surface area contributed by atoms with Crippen LogP contribution in [0.25, 0.3) is 0 Å². The van der Waals surface area contributed by atoms with E-state index in [0.717, 1.165) is 64.2 Å². The fourth-order valence-corrected chi connectivity index (χ4v) is 3.53. The molecule has 1 saturated heterocycles. The Morgan fingerprint density at radius 2 is 2.08 bits per heavy atom. The van der Waals surface area contributed by atoms with Crippen molar-refractivity contribution in [2.24, 2.45) is 5.92 Å². The Labute approximate surface area is 150 Å². The zero-order valence-corrected chi connectivity index (χ0v) is 15.0. The molecule has 0 bridgehead atoms. The molecule has 5 nitrogen and oxygen atoms in total. The van der Waals surface area contributed by atoms with Crippen LogP contribution in [0, 0.1) is 5.92 Å². The van der Waals surface area contributed by atoms with Crippen molar-refractivity contribution in [2.45, 2.75) is 32.2 Å². The molecular formula is C20H29N3O2. The van der Waals surface area contributed by atoms with E-state index in [1.54, 1.807) is 12.4 Å². The van der Waals surface area contributed by atoms with Gasteiger partial charge in [-0.2, -0.15) is 0 Å². The van der Waals surface area contributed by atoms with Crippen LogP contribution in [0.1, 0.15) is 31.2 Å². The molecule has 0 radical (unpaired) electrons. The fourth-order valence-electron chi connectivity index (χ4n) is 3.53. The molecule has 0 N–H and O–H groups in total. The van der Waals surface area contributed by atoms with Gasteiger partial charge < -0.3 is 9.64 Å². The number of aromatic nitrogens is 1. The number of morpholine rings is 1. The summed E-state index contributed by atoms with van der Waals surface area (Å²) in [4.78, 5) is 21.4. The summed E-state index contributed by atoms with van der Waals surface area (Å²) >= 11 is 0. The molecule has 0 saturated carbocycles. The lowest BCUT2D eigenvalue weighted by atomic mass is 10.0. The summed E-state index contributed by atoms with van der Waals surface area (Å²) in [5, 5.41) is 0. The highest BCUT2D eigenvalue weighted by Gasteiger charge is 2.20. The quantitative estimate of drug-likeness (QED) is 0.681. The minimum absolute atomic E-state index is 0.273. The number of ether oxygens (including phenoxy) is 1. The maximum Gasteiger partial charge on any atom is 0.223 e. The Kier molecular flexibility index (Phi) is 7.00. The maximum atomic E-state index is 12.8. The molecular weight excluding hydrogens is 314 g/mol. The van der Waals surface area contributed by atoms with E-state index in [1.807, 2.05) is 17.0 Å². The number of amides is 1. The zero-order valence-electron chi connectivity index (χ0n) is 15.0. The molecule has 1 aromatic heterocycles. The Hall–Kier alpha value is -1.72. The lowest BCUT2D eigenvalue weighted by Gasteiger charge is -2.29. The van der Waals surface area contributed by atoms with Crippen LogP contribution in [-0.4, -0.2) is 60.1 Å². The van der Waals surface area contributed by atoms with Crippen molar-refractivity contribution < 1.29 is 9.53 Å². The molecule has 0 aromatic carbocycles. The summed E-state index contributed by atoms with van der Waals surface area (Å²) in [7, 11) is 0. The molecule has 136 valence electrons. The SMILES string of the molecule is O=C(CC1C=CCC1)N(CCCN1CCOCC1)Cc1ccncc1. The van der Waals surface area contributed by atoms with Gasteiger partial charge in [-0.1, -0.05) is 12.2 Å². The average molecular weight is 343 g/mol. The van der Waals surface area contributed by atoms with Crippen molar-refractivity contribution in [1.82, 2.24) is 14.8 Å². The van der Waals surface area contributed by atoms with Crippen molar-refractivity contribution in [3.05, 3.63) is 42.2 Å². The van der Waals surface area contributed by atoms with E-state index in [0.29, 0.717) is 18.9 Å². The van der Waals surface area contributed by atoms with Gasteiger partial charge in [-0.15, -0.1) is 0 Å². The lowest BCUT2D eigenvalue weighted by Crippen LogP contribution is -2.39. The van der Waals surface area contributed by atoms with Gasteiger partial charge in [0, 0.05) is 51.5 Å². The number of carbonyl (C=O) groups is 1. The number of rotatable bonds is 8. The van der Waals surface area contributed by atoms with E-state index in [2.05, 4.69) is 22.0 Å². The maximum absolute atomic E-state index is 12.8. The van der Waals surface area contributed by atoms with Crippen LogP contribution >= 0.6 is 0 Å². The van der Waals surface area contributed by atoms with E-state index in [9.17, 15) is 4.79 Å². The van der Waals surface area contributed by atoms with Gasteiger partial charge in [-0.25, -0.2) is 0 Å². The molecule has 3 rings (SSSR count). The standard InChI is InChI=1S/C20H29N3O2/c24-20(16-18-4-1-2-5-18)23(17-19-6-8-21-9-7-19)11-3-10-22-12-14-25-15-13-22/h1,4,6-9,18H,2-3,5,10-17H2. The Morgan fingerprint density at radius 3 is 2.80 bits per heavy atom. The second kappa shape index (κ2) is 9.68. The van der Waals surface area contributed by atoms with E-state index in [-0.39, 0.29) is 5.91 Å². The van der Waals surface area contributed by atoms with Gasteiger partial charge in [0.15, 0.2) is 0 Å². The summed E-state index contributed by atoms with van der Waals surface area (Å²) in [5.74, 6) is 0.696. The first-order valence-electron chi connectivity index (χ1n) is 9.45. The molecule has 5 heteroatoms. The molecule has 2 aliphatic rings. The number of hydrogen-bond acceptors (Lipinski definition) is 4. The third kappa shape index (κ3) is 5.94. The van der Waals surface area contributed by atoms with Gasteiger partial charge in [0.25, 0.3) is 0 Å². The second-order valence-electron chi connectivity index (χ2n) is 6.95. The highest BCUT2D eigenvalue weighted by atomic mass is 16.5. The van der Waals surface area contributed by atoms with Gasteiger partial charge in [-0.3, -0.25) is 14.7 Å². The number of pyridine rings is 1. The van der Waals surface area contributed by atoms with E-state index in [1.165, 1.54) is 0 Å². The average Bonchev–Trinajstić information content (AvgIpc) is 3.15. The van der Waals surface area contributed by atoms with Gasteiger partial charge in [0.05, 0.1) is 13.2 Å². The van der Waals surface area contributed by atoms with Crippen LogP contribution in [0.3, 0.4) is 0 Å². The number of allylic oxidation sites excluding steroid dienone is 2. The fraction of sp³-hybridized carbons (Fsp3) is 0.600. The monoisotopic (exact) mass is 343 g/mol. The van der Waals surface area contributed by atoms with Gasteiger partial charge in [0.2, 0.25) is 5.91 Å². The highest BCUT2D eigenvalue weighted by molar-refractivity contribution is 5.76. The third-order valence-corrected chi connectivity index (χ3v) is 5.03. The lowest BCUT2D eigenvalue weighted by molar-refractivity contribution is -0.132. The first kappa shape index (κ1) is 18.1. The molecule has 25 heavy (non-hydrogen) atoms. The number of nitrogens with zero attached hydrogens (tertiary/aromatic N) is 3. The molecule has 1 aromatic rings. The smallest absolute Gasteiger partial charge is 0.223 e. The van der Waals surface area contributed by atoms with Crippen molar-refractivity contribution in [3.8, 4) is 0 Å². The third-order valence-electron chi connectivity index (χ3n) is 5.03. The Morgan fingerprint density at radius 1 is 1.28 bits per heavy atom. The molecule has 1 aliphatic heterocycles. The van der Waals surface area contributed by atoms with E-state index < -0.39 is 0 Å². The Balaban J connectivity index is 1.53. The number of carbonyl (C=O) groups excluding carboxylic acids is 1. The molecule has 1 aliphatic carbocycles. The van der Waals surface area contributed by atoms with Gasteiger partial charge in [0.1, 0.15) is 0 Å². The minimum atomic E-state index is 0.273. The van der Waals surface area contributed by atoms with Crippen LogP contribution < -0.4 is 0 Å². The van der Waals surface area contributed by atoms with Crippen LogP contribution in [0.5, 0.6) is 0 Å². The van der Waals surface area contributed by atoms with Crippen LogP contribution in [0.2, 0.25) is 0 Å². The molecule has 1 fully saturated rings. The zero-order chi connectivity index (χ0) is 17.3. The summed E-state index contributed by atoms with van der Waals surface area (Å²) < 4.78 is 5.40. The summed E-state index contributed by atoms with van der Waals surface area (Å²) in [6.07, 6.45) is 11.9. The predicted molar refractivity (Wildman–Crippen MR) is 98.0 cm³/mol. The normalized spacial score (nSPS) is 20.7. The first-order chi connectivity index (χ1) is 12.3. The summed E-state index contributed by atoms with van der Waals surface area (Å²) in [6, 6.07) is 4.00. The molecule has 2 heterocycles. The van der Waals surface area contributed by atoms with Crippen molar-refractivity contribution in [3.63, 3.8) is 0 Å². The molecule has 1 atom stereocenters. The molecule has 0 spiro atoms. The second-order valence-corrected chi connectivity index (χ2v) is 6.95. The Bertz CT molecular complexity index is 555. The van der Waals surface area contributed by atoms with E-state index >= 15 is 0 Å². The minimum Gasteiger partial charge on any atom is -0.379 e. The first-order valence-corrected chi connectivity index (χ1v) is 9.45. The van der Waals surface area contributed by atoms with Gasteiger partial charge in [-0.05, 0) is 42.9 Å². The molecule has 1 unspecified atom stereocenters. The highest BCUT2D eigenvalue weighted by Crippen LogP contribution is 2.22. The van der Waals surface area contributed by atoms with Crippen molar-refractivity contribution >= 4 is 5.91 Å². The van der Waals surface area contributed by atoms with Gasteiger partial charge >= 0.3 is 0 Å².